The molecule has 0 saturated heterocycles. The number of anilines is 2. The van der Waals surface area contributed by atoms with E-state index in [1.165, 1.54) is 12.1 Å². The standard InChI is InChI=1S/C26H26F8N2O5S/c1-23(28,29)8-7-17-11-36(16-5-3-15(27)4-6-16)19-9-18(26(32,33)34)20(10-21(19)42(39,40)35(17)2)41-14-24(22(37)38)12-25(30,31)13-24/h3-6,9-10,17H,7-8,11-14H2,1-2H3,(H,37,38)/t17-/m1/s1. The molecule has 1 heterocycles. The minimum Gasteiger partial charge on any atom is -0.492 e. The first kappa shape index (κ1) is 31.8. The van der Waals surface area contributed by atoms with Gasteiger partial charge in [0.1, 0.15) is 28.5 Å². The maximum absolute atomic E-state index is 14.3. The largest absolute Gasteiger partial charge is 0.492 e. The minimum absolute atomic E-state index is 0.0553. The molecule has 232 valence electrons. The number of hydrogen-bond acceptors (Lipinski definition) is 5. The van der Waals surface area contributed by atoms with Crippen molar-refractivity contribution < 1.29 is 58.2 Å². The van der Waals surface area contributed by atoms with E-state index in [0.29, 0.717) is 19.1 Å². The molecule has 1 aliphatic heterocycles. The lowest BCUT2D eigenvalue weighted by molar-refractivity contribution is -0.200. The lowest BCUT2D eigenvalue weighted by Gasteiger charge is -2.43. The van der Waals surface area contributed by atoms with Crippen molar-refractivity contribution in [3.8, 4) is 5.75 Å². The second kappa shape index (κ2) is 10.5. The third-order valence-electron chi connectivity index (χ3n) is 7.43. The summed E-state index contributed by atoms with van der Waals surface area (Å²) in [6, 6.07) is 4.10. The number of carboxylic acids is 1. The summed E-state index contributed by atoms with van der Waals surface area (Å²) in [6.07, 6.45) is -8.72. The van der Waals surface area contributed by atoms with Crippen molar-refractivity contribution >= 4 is 27.4 Å². The summed E-state index contributed by atoms with van der Waals surface area (Å²) in [5.41, 5.74) is -4.20. The molecular formula is C26H26F8N2O5S. The Labute approximate surface area is 235 Å². The van der Waals surface area contributed by atoms with Crippen molar-refractivity contribution in [2.45, 2.75) is 61.6 Å². The average Bonchev–Trinajstić information content (AvgIpc) is 2.92. The summed E-state index contributed by atoms with van der Waals surface area (Å²) in [7, 11) is -3.63. The van der Waals surface area contributed by atoms with Crippen LogP contribution >= 0.6 is 0 Å². The smallest absolute Gasteiger partial charge is 0.420 e. The van der Waals surface area contributed by atoms with Crippen LogP contribution in [0.3, 0.4) is 0 Å². The molecule has 0 radical (unpaired) electrons. The quantitative estimate of drug-likeness (QED) is 0.345. The van der Waals surface area contributed by atoms with Crippen LogP contribution in [0.2, 0.25) is 0 Å². The molecule has 4 rings (SSSR count). The minimum atomic E-state index is -5.19. The third-order valence-corrected chi connectivity index (χ3v) is 9.37. The number of fused-ring (bicyclic) bond motifs is 1. The van der Waals surface area contributed by atoms with Crippen molar-refractivity contribution in [3.05, 3.63) is 47.8 Å². The second-order valence-corrected chi connectivity index (χ2v) is 12.7. The van der Waals surface area contributed by atoms with Gasteiger partial charge in [-0.05, 0) is 43.7 Å². The number of carbonyl (C=O) groups is 1. The number of rotatable bonds is 8. The van der Waals surface area contributed by atoms with Crippen molar-refractivity contribution in [1.29, 1.82) is 0 Å². The van der Waals surface area contributed by atoms with E-state index in [4.69, 9.17) is 4.74 Å². The van der Waals surface area contributed by atoms with Gasteiger partial charge in [0.25, 0.3) is 5.92 Å². The Bertz CT molecular complexity index is 1450. The van der Waals surface area contributed by atoms with Gasteiger partial charge in [-0.3, -0.25) is 4.79 Å². The van der Waals surface area contributed by atoms with Gasteiger partial charge in [-0.2, -0.15) is 17.5 Å². The summed E-state index contributed by atoms with van der Waals surface area (Å²) in [4.78, 5) is 12.1. The summed E-state index contributed by atoms with van der Waals surface area (Å²) in [6.45, 7) is -0.865. The zero-order valence-corrected chi connectivity index (χ0v) is 23.0. The van der Waals surface area contributed by atoms with E-state index in [1.807, 2.05) is 0 Å². The molecule has 2 aromatic carbocycles. The first-order valence-electron chi connectivity index (χ1n) is 12.5. The number of ether oxygens (including phenoxy) is 1. The predicted molar refractivity (Wildman–Crippen MR) is 133 cm³/mol. The van der Waals surface area contributed by atoms with Crippen LogP contribution in [0.4, 0.5) is 46.5 Å². The number of hydrogen-bond donors (Lipinski definition) is 1. The Kier molecular flexibility index (Phi) is 7.98. The first-order valence-corrected chi connectivity index (χ1v) is 14.0. The molecule has 1 N–H and O–H groups in total. The maximum atomic E-state index is 14.3. The molecule has 2 aliphatic rings. The molecule has 42 heavy (non-hydrogen) atoms. The molecule has 1 aliphatic carbocycles. The van der Waals surface area contributed by atoms with Crippen molar-refractivity contribution in [2.75, 3.05) is 25.1 Å². The topological polar surface area (TPSA) is 87.2 Å². The molecule has 0 amide bonds. The van der Waals surface area contributed by atoms with Gasteiger partial charge in [0, 0.05) is 50.7 Å². The van der Waals surface area contributed by atoms with E-state index in [0.717, 1.165) is 28.4 Å². The average molecular weight is 631 g/mol. The fourth-order valence-corrected chi connectivity index (χ4v) is 6.68. The molecule has 16 heteroatoms. The SMILES string of the molecule is CN1[C@H](CCC(C)(F)F)CN(c2ccc(F)cc2)c2cc(C(F)(F)F)c(OCC3(C(=O)O)CC(F)(F)C3)cc2S1(=O)=O. The Morgan fingerprint density at radius 2 is 1.69 bits per heavy atom. The van der Waals surface area contributed by atoms with Crippen molar-refractivity contribution in [3.63, 3.8) is 0 Å². The highest BCUT2D eigenvalue weighted by atomic mass is 32.2. The van der Waals surface area contributed by atoms with Crippen LogP contribution in [0.1, 0.15) is 38.2 Å². The van der Waals surface area contributed by atoms with E-state index >= 15 is 0 Å². The van der Waals surface area contributed by atoms with Crippen LogP contribution in [-0.4, -0.2) is 61.9 Å². The van der Waals surface area contributed by atoms with Gasteiger partial charge < -0.3 is 14.7 Å². The highest BCUT2D eigenvalue weighted by molar-refractivity contribution is 7.89. The second-order valence-electron chi connectivity index (χ2n) is 10.8. The van der Waals surface area contributed by atoms with Crippen LogP contribution in [0.15, 0.2) is 41.3 Å². The van der Waals surface area contributed by atoms with Crippen LogP contribution in [0.25, 0.3) is 0 Å². The molecule has 1 saturated carbocycles. The van der Waals surface area contributed by atoms with E-state index in [1.54, 1.807) is 0 Å². The van der Waals surface area contributed by atoms with Crippen LogP contribution in [-0.2, 0) is 21.0 Å². The van der Waals surface area contributed by atoms with Crippen molar-refractivity contribution in [2.24, 2.45) is 5.41 Å². The molecule has 0 bridgehead atoms. The van der Waals surface area contributed by atoms with E-state index in [-0.39, 0.29) is 12.2 Å². The van der Waals surface area contributed by atoms with Gasteiger partial charge in [0.15, 0.2) is 0 Å². The monoisotopic (exact) mass is 630 g/mol. The summed E-state index contributed by atoms with van der Waals surface area (Å²) < 4.78 is 144. The van der Waals surface area contributed by atoms with Crippen LogP contribution in [0.5, 0.6) is 5.75 Å². The molecule has 1 atom stereocenters. The zero-order valence-electron chi connectivity index (χ0n) is 22.2. The molecule has 7 nitrogen and oxygen atoms in total. The van der Waals surface area contributed by atoms with Gasteiger partial charge in [0.05, 0.1) is 11.3 Å². The normalized spacial score (nSPS) is 21.7. The lowest BCUT2D eigenvalue weighted by atomic mass is 9.66. The van der Waals surface area contributed by atoms with E-state index in [9.17, 15) is 53.4 Å². The van der Waals surface area contributed by atoms with Crippen LogP contribution < -0.4 is 9.64 Å². The number of nitrogens with zero attached hydrogens (tertiary/aromatic N) is 2. The van der Waals surface area contributed by atoms with Gasteiger partial charge in [0.2, 0.25) is 15.9 Å². The molecule has 1 fully saturated rings. The number of halogens is 8. The number of sulfonamides is 1. The number of alkyl halides is 7. The summed E-state index contributed by atoms with van der Waals surface area (Å²) in [5.74, 6) is -10.1. The fourth-order valence-electron chi connectivity index (χ4n) is 5.11. The summed E-state index contributed by atoms with van der Waals surface area (Å²) >= 11 is 0. The number of benzene rings is 2. The van der Waals surface area contributed by atoms with E-state index in [2.05, 4.69) is 0 Å². The number of likely N-dealkylation sites (N-methyl/N-ethyl adjacent to an activating group) is 1. The molecular weight excluding hydrogens is 604 g/mol. The zero-order chi connectivity index (χ0) is 31.5. The summed E-state index contributed by atoms with van der Waals surface area (Å²) in [5, 5.41) is 9.46. The first-order chi connectivity index (χ1) is 19.2. The number of aliphatic carboxylic acids is 1. The maximum Gasteiger partial charge on any atom is 0.420 e. The fraction of sp³-hybridized carbons (Fsp3) is 0.500. The van der Waals surface area contributed by atoms with Gasteiger partial charge in [-0.25, -0.2) is 30.4 Å². The Morgan fingerprint density at radius 1 is 1.10 bits per heavy atom. The third kappa shape index (κ3) is 6.28. The Balaban J connectivity index is 1.87. The van der Waals surface area contributed by atoms with Gasteiger partial charge >= 0.3 is 12.1 Å². The molecule has 2 aromatic rings. The number of carboxylic acid groups (broad SMARTS) is 1. The van der Waals surface area contributed by atoms with Gasteiger partial charge in [-0.1, -0.05) is 0 Å². The van der Waals surface area contributed by atoms with Crippen molar-refractivity contribution in [1.82, 2.24) is 4.31 Å². The highest BCUT2D eigenvalue weighted by Gasteiger charge is 2.62. The Hall–Kier alpha value is -3.14. The van der Waals surface area contributed by atoms with E-state index < -0.39 is 105 Å². The Morgan fingerprint density at radius 3 is 2.19 bits per heavy atom. The molecule has 0 unspecified atom stereocenters. The molecule has 0 aromatic heterocycles. The highest BCUT2D eigenvalue weighted by Crippen LogP contribution is 2.53. The van der Waals surface area contributed by atoms with Gasteiger partial charge in [-0.15, -0.1) is 0 Å². The molecule has 0 spiro atoms. The lowest BCUT2D eigenvalue weighted by Crippen LogP contribution is -2.54. The predicted octanol–water partition coefficient (Wildman–Crippen LogP) is 6.30. The van der Waals surface area contributed by atoms with Crippen LogP contribution in [0, 0.1) is 11.2 Å².